The van der Waals surface area contributed by atoms with Gasteiger partial charge in [-0.05, 0) is 36.6 Å². The first-order chi connectivity index (χ1) is 9.79. The van der Waals surface area contributed by atoms with Crippen LogP contribution in [0, 0.1) is 0 Å². The van der Waals surface area contributed by atoms with Gasteiger partial charge in [-0.1, -0.05) is 48.5 Å². The minimum absolute atomic E-state index is 0.0447. The van der Waals surface area contributed by atoms with E-state index in [0.717, 1.165) is 24.9 Å². The standard InChI is InChI=1S/C17H21NO2/c19-13-16(12-14-6-2-1-3-7-14)18-11-10-15-8-4-5-9-17(15)20/h1-9,16,18-20H,10-13H2. The molecule has 0 aromatic heterocycles. The summed E-state index contributed by atoms with van der Waals surface area (Å²) >= 11 is 0. The van der Waals surface area contributed by atoms with Gasteiger partial charge in [-0.15, -0.1) is 0 Å². The highest BCUT2D eigenvalue weighted by molar-refractivity contribution is 5.31. The van der Waals surface area contributed by atoms with E-state index in [9.17, 15) is 10.2 Å². The molecule has 3 nitrogen and oxygen atoms in total. The summed E-state index contributed by atoms with van der Waals surface area (Å²) in [6, 6.07) is 17.5. The lowest BCUT2D eigenvalue weighted by atomic mass is 10.1. The van der Waals surface area contributed by atoms with Crippen molar-refractivity contribution in [1.29, 1.82) is 0 Å². The molecule has 3 heteroatoms. The Morgan fingerprint density at radius 3 is 2.35 bits per heavy atom. The fourth-order valence-electron chi connectivity index (χ4n) is 2.23. The van der Waals surface area contributed by atoms with E-state index in [0.29, 0.717) is 5.75 Å². The average molecular weight is 271 g/mol. The smallest absolute Gasteiger partial charge is 0.118 e. The van der Waals surface area contributed by atoms with Crippen LogP contribution >= 0.6 is 0 Å². The van der Waals surface area contributed by atoms with Crippen LogP contribution < -0.4 is 5.32 Å². The van der Waals surface area contributed by atoms with E-state index in [2.05, 4.69) is 17.4 Å². The number of phenolic OH excluding ortho intramolecular Hbond substituents is 1. The molecule has 0 amide bonds. The maximum absolute atomic E-state index is 9.69. The van der Waals surface area contributed by atoms with Crippen molar-refractivity contribution in [3.63, 3.8) is 0 Å². The summed E-state index contributed by atoms with van der Waals surface area (Å²) in [6.07, 6.45) is 1.55. The van der Waals surface area contributed by atoms with Gasteiger partial charge in [-0.3, -0.25) is 0 Å². The van der Waals surface area contributed by atoms with E-state index < -0.39 is 0 Å². The molecular formula is C17H21NO2. The van der Waals surface area contributed by atoms with E-state index in [1.165, 1.54) is 5.56 Å². The molecule has 3 N–H and O–H groups in total. The molecule has 0 aliphatic heterocycles. The van der Waals surface area contributed by atoms with Crippen LogP contribution in [-0.2, 0) is 12.8 Å². The number of benzene rings is 2. The molecular weight excluding hydrogens is 250 g/mol. The molecule has 1 unspecified atom stereocenters. The van der Waals surface area contributed by atoms with E-state index >= 15 is 0 Å². The van der Waals surface area contributed by atoms with Crippen LogP contribution in [0.4, 0.5) is 0 Å². The van der Waals surface area contributed by atoms with Crippen LogP contribution in [0.5, 0.6) is 5.75 Å². The largest absolute Gasteiger partial charge is 0.508 e. The zero-order valence-corrected chi connectivity index (χ0v) is 11.5. The third-order valence-corrected chi connectivity index (χ3v) is 3.36. The lowest BCUT2D eigenvalue weighted by Crippen LogP contribution is -2.35. The average Bonchev–Trinajstić information content (AvgIpc) is 2.49. The third-order valence-electron chi connectivity index (χ3n) is 3.36. The van der Waals surface area contributed by atoms with Gasteiger partial charge in [0.25, 0.3) is 0 Å². The number of nitrogens with one attached hydrogen (secondary N) is 1. The van der Waals surface area contributed by atoms with Gasteiger partial charge in [0.1, 0.15) is 5.75 Å². The predicted molar refractivity (Wildman–Crippen MR) is 80.8 cm³/mol. The van der Waals surface area contributed by atoms with Gasteiger partial charge < -0.3 is 15.5 Å². The Hall–Kier alpha value is -1.84. The number of aliphatic hydroxyl groups excluding tert-OH is 1. The van der Waals surface area contributed by atoms with Crippen LogP contribution in [0.3, 0.4) is 0 Å². The van der Waals surface area contributed by atoms with Crippen molar-refractivity contribution in [2.75, 3.05) is 13.2 Å². The molecule has 0 bridgehead atoms. The molecule has 2 aromatic carbocycles. The molecule has 0 aliphatic rings. The highest BCUT2D eigenvalue weighted by Gasteiger charge is 2.08. The van der Waals surface area contributed by atoms with Crippen molar-refractivity contribution in [1.82, 2.24) is 5.32 Å². The Bertz CT molecular complexity index is 513. The van der Waals surface area contributed by atoms with Crippen LogP contribution in [0.2, 0.25) is 0 Å². The molecule has 20 heavy (non-hydrogen) atoms. The highest BCUT2D eigenvalue weighted by Crippen LogP contribution is 2.15. The van der Waals surface area contributed by atoms with Crippen LogP contribution in [0.25, 0.3) is 0 Å². The summed E-state index contributed by atoms with van der Waals surface area (Å²) in [6.45, 7) is 0.839. The molecule has 106 valence electrons. The number of hydrogen-bond donors (Lipinski definition) is 3. The first kappa shape index (κ1) is 14.6. The molecule has 1 atom stereocenters. The number of para-hydroxylation sites is 1. The van der Waals surface area contributed by atoms with Gasteiger partial charge in [0.15, 0.2) is 0 Å². The van der Waals surface area contributed by atoms with Gasteiger partial charge in [-0.25, -0.2) is 0 Å². The molecule has 0 radical (unpaired) electrons. The van der Waals surface area contributed by atoms with Gasteiger partial charge in [0.2, 0.25) is 0 Å². The summed E-state index contributed by atoms with van der Waals surface area (Å²) in [4.78, 5) is 0. The van der Waals surface area contributed by atoms with Crippen molar-refractivity contribution < 1.29 is 10.2 Å². The van der Waals surface area contributed by atoms with Gasteiger partial charge in [-0.2, -0.15) is 0 Å². The lowest BCUT2D eigenvalue weighted by molar-refractivity contribution is 0.242. The summed E-state index contributed by atoms with van der Waals surface area (Å²) < 4.78 is 0. The Balaban J connectivity index is 1.81. The normalized spacial score (nSPS) is 12.2. The molecule has 0 saturated heterocycles. The molecule has 0 heterocycles. The Kier molecular flexibility index (Phi) is 5.59. The highest BCUT2D eigenvalue weighted by atomic mass is 16.3. The minimum atomic E-state index is 0.0447. The first-order valence-corrected chi connectivity index (χ1v) is 6.94. The van der Waals surface area contributed by atoms with Gasteiger partial charge >= 0.3 is 0 Å². The summed E-state index contributed by atoms with van der Waals surface area (Å²) in [7, 11) is 0. The summed E-state index contributed by atoms with van der Waals surface area (Å²) in [5, 5.41) is 22.5. The quantitative estimate of drug-likeness (QED) is 0.723. The molecule has 0 fully saturated rings. The number of rotatable bonds is 7. The lowest BCUT2D eigenvalue weighted by Gasteiger charge is -2.16. The van der Waals surface area contributed by atoms with Crippen LogP contribution in [0.1, 0.15) is 11.1 Å². The first-order valence-electron chi connectivity index (χ1n) is 6.94. The van der Waals surface area contributed by atoms with Crippen molar-refractivity contribution in [3.8, 4) is 5.75 Å². The minimum Gasteiger partial charge on any atom is -0.508 e. The Labute approximate surface area is 119 Å². The van der Waals surface area contributed by atoms with Crippen molar-refractivity contribution in [3.05, 3.63) is 65.7 Å². The fourth-order valence-corrected chi connectivity index (χ4v) is 2.23. The molecule has 2 aromatic rings. The second-order valence-electron chi connectivity index (χ2n) is 4.90. The van der Waals surface area contributed by atoms with Crippen LogP contribution in [-0.4, -0.2) is 29.4 Å². The molecule has 0 aliphatic carbocycles. The summed E-state index contributed by atoms with van der Waals surface area (Å²) in [5.41, 5.74) is 2.14. The second-order valence-corrected chi connectivity index (χ2v) is 4.90. The zero-order chi connectivity index (χ0) is 14.2. The maximum atomic E-state index is 9.69. The maximum Gasteiger partial charge on any atom is 0.118 e. The van der Waals surface area contributed by atoms with E-state index in [4.69, 9.17) is 0 Å². The van der Waals surface area contributed by atoms with Gasteiger partial charge in [0.05, 0.1) is 6.61 Å². The number of hydrogen-bond acceptors (Lipinski definition) is 3. The zero-order valence-electron chi connectivity index (χ0n) is 11.5. The van der Waals surface area contributed by atoms with Crippen LogP contribution in [0.15, 0.2) is 54.6 Å². The fraction of sp³-hybridized carbons (Fsp3) is 0.294. The van der Waals surface area contributed by atoms with Crippen molar-refractivity contribution >= 4 is 0 Å². The monoisotopic (exact) mass is 271 g/mol. The third kappa shape index (κ3) is 4.37. The molecule has 0 spiro atoms. The number of phenols is 1. The van der Waals surface area contributed by atoms with E-state index in [1.807, 2.05) is 36.4 Å². The summed E-state index contributed by atoms with van der Waals surface area (Å²) in [5.74, 6) is 0.331. The molecule has 2 rings (SSSR count). The Morgan fingerprint density at radius 2 is 1.65 bits per heavy atom. The molecule has 0 saturated carbocycles. The van der Waals surface area contributed by atoms with Gasteiger partial charge in [0, 0.05) is 6.04 Å². The van der Waals surface area contributed by atoms with E-state index in [-0.39, 0.29) is 12.6 Å². The number of aromatic hydroxyl groups is 1. The topological polar surface area (TPSA) is 52.5 Å². The predicted octanol–water partition coefficient (Wildman–Crippen LogP) is 2.13. The SMILES string of the molecule is OCC(Cc1ccccc1)NCCc1ccccc1O. The van der Waals surface area contributed by atoms with E-state index in [1.54, 1.807) is 6.07 Å². The van der Waals surface area contributed by atoms with Crippen molar-refractivity contribution in [2.45, 2.75) is 18.9 Å². The van der Waals surface area contributed by atoms with Crippen molar-refractivity contribution in [2.24, 2.45) is 0 Å². The number of aliphatic hydroxyl groups is 1. The Morgan fingerprint density at radius 1 is 0.950 bits per heavy atom. The second kappa shape index (κ2) is 7.68.